The molecule has 1 aliphatic rings. The largest absolute Gasteiger partial charge is 0.250 e. The summed E-state index contributed by atoms with van der Waals surface area (Å²) in [4.78, 5) is 4.60. The minimum Gasteiger partial charge on any atom is -0.250 e. The monoisotopic (exact) mass is 308 g/mol. The van der Waals surface area contributed by atoms with Gasteiger partial charge in [0.1, 0.15) is 0 Å². The Balaban J connectivity index is 1.80. The summed E-state index contributed by atoms with van der Waals surface area (Å²) in [7, 11) is -3.38. The van der Waals surface area contributed by atoms with Crippen molar-refractivity contribution in [1.29, 1.82) is 0 Å². The van der Waals surface area contributed by atoms with E-state index in [1.54, 1.807) is 46.1 Å². The lowest BCUT2D eigenvalue weighted by molar-refractivity contribution is 0.407. The fraction of sp³-hybridized carbons (Fsp3) is 0.357. The highest BCUT2D eigenvalue weighted by atomic mass is 32.2. The van der Waals surface area contributed by atoms with Gasteiger partial charge in [-0.1, -0.05) is 18.2 Å². The summed E-state index contributed by atoms with van der Waals surface area (Å²) >= 11 is 1.57. The molecule has 3 rings (SSSR count). The fourth-order valence-electron chi connectivity index (χ4n) is 2.17. The predicted octanol–water partition coefficient (Wildman–Crippen LogP) is 2.54. The zero-order valence-corrected chi connectivity index (χ0v) is 12.6. The van der Waals surface area contributed by atoms with Gasteiger partial charge in [0.15, 0.2) is 0 Å². The summed E-state index contributed by atoms with van der Waals surface area (Å²) in [5.74, 6) is 0. The Morgan fingerprint density at radius 2 is 2.00 bits per heavy atom. The van der Waals surface area contributed by atoms with E-state index in [-0.39, 0.29) is 6.04 Å². The number of thiazole rings is 1. The Morgan fingerprint density at radius 1 is 1.25 bits per heavy atom. The summed E-state index contributed by atoms with van der Waals surface area (Å²) in [6.45, 7) is 0.509. The molecule has 1 fully saturated rings. The van der Waals surface area contributed by atoms with Crippen molar-refractivity contribution in [3.63, 3.8) is 0 Å². The summed E-state index contributed by atoms with van der Waals surface area (Å²) in [6, 6.07) is 8.84. The van der Waals surface area contributed by atoms with E-state index in [4.69, 9.17) is 0 Å². The highest BCUT2D eigenvalue weighted by Crippen LogP contribution is 2.32. The quantitative estimate of drug-likeness (QED) is 0.824. The first kappa shape index (κ1) is 13.7. The van der Waals surface area contributed by atoms with E-state index in [1.165, 1.54) is 0 Å². The molecule has 0 bridgehead atoms. The molecule has 0 N–H and O–H groups in total. The lowest BCUT2D eigenvalue weighted by Crippen LogP contribution is -2.34. The van der Waals surface area contributed by atoms with Crippen LogP contribution in [0.5, 0.6) is 0 Å². The van der Waals surface area contributed by atoms with Crippen molar-refractivity contribution in [3.05, 3.63) is 46.9 Å². The van der Waals surface area contributed by atoms with Crippen LogP contribution in [0.25, 0.3) is 0 Å². The van der Waals surface area contributed by atoms with Gasteiger partial charge in [0.05, 0.1) is 9.90 Å². The van der Waals surface area contributed by atoms with Crippen LogP contribution in [0.1, 0.15) is 17.8 Å². The molecule has 106 valence electrons. The van der Waals surface area contributed by atoms with Crippen molar-refractivity contribution in [3.8, 4) is 0 Å². The van der Waals surface area contributed by atoms with Gasteiger partial charge in [-0.2, -0.15) is 4.31 Å². The molecule has 1 saturated carbocycles. The SMILES string of the molecule is O=S(=O)(c1ccccc1)N(CCc1nccs1)C1CC1. The van der Waals surface area contributed by atoms with E-state index in [0.29, 0.717) is 17.9 Å². The van der Waals surface area contributed by atoms with Gasteiger partial charge < -0.3 is 0 Å². The van der Waals surface area contributed by atoms with Crippen molar-refractivity contribution in [1.82, 2.24) is 9.29 Å². The number of benzene rings is 1. The average Bonchev–Trinajstić information content (AvgIpc) is 3.15. The summed E-state index contributed by atoms with van der Waals surface area (Å²) in [5, 5.41) is 2.90. The third-order valence-corrected chi connectivity index (χ3v) is 6.14. The predicted molar refractivity (Wildman–Crippen MR) is 79.2 cm³/mol. The molecule has 0 aliphatic heterocycles. The first-order valence-corrected chi connectivity index (χ1v) is 8.95. The number of rotatable bonds is 6. The van der Waals surface area contributed by atoms with Gasteiger partial charge in [-0.3, -0.25) is 0 Å². The van der Waals surface area contributed by atoms with E-state index >= 15 is 0 Å². The number of hydrogen-bond donors (Lipinski definition) is 0. The van der Waals surface area contributed by atoms with Gasteiger partial charge in [-0.05, 0) is 25.0 Å². The molecule has 1 heterocycles. The minimum atomic E-state index is -3.38. The maximum absolute atomic E-state index is 12.7. The van der Waals surface area contributed by atoms with Gasteiger partial charge in [-0.15, -0.1) is 11.3 Å². The number of aromatic nitrogens is 1. The van der Waals surface area contributed by atoms with E-state index in [0.717, 1.165) is 17.8 Å². The number of sulfonamides is 1. The van der Waals surface area contributed by atoms with Gasteiger partial charge >= 0.3 is 0 Å². The molecule has 2 aromatic rings. The van der Waals surface area contributed by atoms with Gasteiger partial charge in [0, 0.05) is 30.6 Å². The van der Waals surface area contributed by atoms with Crippen molar-refractivity contribution >= 4 is 21.4 Å². The Hall–Kier alpha value is -1.24. The molecule has 1 aromatic heterocycles. The van der Waals surface area contributed by atoms with Gasteiger partial charge in [0.2, 0.25) is 10.0 Å². The number of hydrogen-bond acceptors (Lipinski definition) is 4. The first-order chi connectivity index (χ1) is 9.68. The third-order valence-electron chi connectivity index (χ3n) is 3.33. The second-order valence-electron chi connectivity index (χ2n) is 4.84. The van der Waals surface area contributed by atoms with Crippen molar-refractivity contribution in [2.24, 2.45) is 0 Å². The van der Waals surface area contributed by atoms with Crippen LogP contribution < -0.4 is 0 Å². The molecule has 4 nitrogen and oxygen atoms in total. The molecule has 1 aliphatic carbocycles. The molecule has 0 amide bonds. The van der Waals surface area contributed by atoms with E-state index in [9.17, 15) is 8.42 Å². The molecule has 0 atom stereocenters. The zero-order valence-electron chi connectivity index (χ0n) is 11.0. The highest BCUT2D eigenvalue weighted by Gasteiger charge is 2.37. The molecule has 20 heavy (non-hydrogen) atoms. The summed E-state index contributed by atoms with van der Waals surface area (Å²) < 4.78 is 27.0. The van der Waals surface area contributed by atoms with E-state index in [2.05, 4.69) is 4.98 Å². The molecular weight excluding hydrogens is 292 g/mol. The third kappa shape index (κ3) is 2.92. The molecule has 0 unspecified atom stereocenters. The normalized spacial score (nSPS) is 15.7. The molecule has 6 heteroatoms. The zero-order chi connectivity index (χ0) is 14.0. The molecular formula is C14H16N2O2S2. The van der Waals surface area contributed by atoms with Crippen LogP contribution in [-0.2, 0) is 16.4 Å². The van der Waals surface area contributed by atoms with Crippen LogP contribution in [0.4, 0.5) is 0 Å². The van der Waals surface area contributed by atoms with Gasteiger partial charge in [0.25, 0.3) is 0 Å². The standard InChI is InChI=1S/C14H16N2O2S2/c17-20(18,13-4-2-1-3-5-13)16(12-6-7-12)10-8-14-15-9-11-19-14/h1-5,9,11-12H,6-8,10H2. The minimum absolute atomic E-state index is 0.167. The van der Waals surface area contributed by atoms with Gasteiger partial charge in [-0.25, -0.2) is 13.4 Å². The number of nitrogens with zero attached hydrogens (tertiary/aromatic N) is 2. The topological polar surface area (TPSA) is 50.3 Å². The average molecular weight is 308 g/mol. The fourth-order valence-corrected chi connectivity index (χ4v) is 4.49. The smallest absolute Gasteiger partial charge is 0.243 e. The lowest BCUT2D eigenvalue weighted by Gasteiger charge is -2.21. The van der Waals surface area contributed by atoms with Crippen LogP contribution >= 0.6 is 11.3 Å². The lowest BCUT2D eigenvalue weighted by atomic mass is 10.4. The first-order valence-electron chi connectivity index (χ1n) is 6.63. The van der Waals surface area contributed by atoms with Crippen LogP contribution in [0.3, 0.4) is 0 Å². The van der Waals surface area contributed by atoms with Crippen LogP contribution in [0.15, 0.2) is 46.8 Å². The van der Waals surface area contributed by atoms with E-state index < -0.39 is 10.0 Å². The molecule has 1 aromatic carbocycles. The molecule has 0 saturated heterocycles. The second kappa shape index (κ2) is 5.63. The van der Waals surface area contributed by atoms with Crippen LogP contribution in [0.2, 0.25) is 0 Å². The molecule has 0 spiro atoms. The van der Waals surface area contributed by atoms with Crippen LogP contribution in [0, 0.1) is 0 Å². The van der Waals surface area contributed by atoms with Crippen molar-refractivity contribution in [2.45, 2.75) is 30.2 Å². The summed E-state index contributed by atoms with van der Waals surface area (Å²) in [5.41, 5.74) is 0. The van der Waals surface area contributed by atoms with Crippen molar-refractivity contribution in [2.75, 3.05) is 6.54 Å². The Labute approximate surface area is 123 Å². The second-order valence-corrected chi connectivity index (χ2v) is 7.71. The Kier molecular flexibility index (Phi) is 3.87. The van der Waals surface area contributed by atoms with E-state index in [1.807, 2.05) is 11.4 Å². The summed E-state index contributed by atoms with van der Waals surface area (Å²) in [6.07, 6.45) is 4.36. The maximum Gasteiger partial charge on any atom is 0.243 e. The van der Waals surface area contributed by atoms with Crippen molar-refractivity contribution < 1.29 is 8.42 Å². The Morgan fingerprint density at radius 3 is 2.60 bits per heavy atom. The highest BCUT2D eigenvalue weighted by molar-refractivity contribution is 7.89. The molecule has 0 radical (unpaired) electrons. The maximum atomic E-state index is 12.7. The Bertz CT molecular complexity index is 650. The van der Waals surface area contributed by atoms with Crippen LogP contribution in [-0.4, -0.2) is 30.3 Å².